The van der Waals surface area contributed by atoms with E-state index in [0.717, 1.165) is 59.4 Å². The van der Waals surface area contributed by atoms with E-state index in [4.69, 9.17) is 10.7 Å². The Labute approximate surface area is 175 Å². The molecular weight excluding hydrogens is 374 g/mol. The van der Waals surface area contributed by atoms with E-state index in [1.165, 1.54) is 0 Å². The van der Waals surface area contributed by atoms with Crippen molar-refractivity contribution in [3.05, 3.63) is 60.8 Å². The summed E-state index contributed by atoms with van der Waals surface area (Å²) >= 11 is 0. The lowest BCUT2D eigenvalue weighted by atomic mass is 9.92. The fourth-order valence-corrected chi connectivity index (χ4v) is 4.09. The van der Waals surface area contributed by atoms with Crippen LogP contribution < -0.4 is 11.1 Å². The van der Waals surface area contributed by atoms with Gasteiger partial charge in [-0.1, -0.05) is 0 Å². The van der Waals surface area contributed by atoms with E-state index in [1.807, 2.05) is 37.5 Å². The molecule has 4 aromatic heterocycles. The third kappa shape index (κ3) is 3.64. The standard InChI is InChI=1S/C23H25N7/c1-15-12-27-23(28-19-5-3-18(24)4-6-19)29-22(15)20-13-26-21-7-2-17(14-30(20)21)16-8-10-25-11-9-16/h2,7-14,18-19H,3-6,24H2,1H3,(H,27,28,29)/t18-,19-. The Bertz CT molecular complexity index is 1160. The Hall–Kier alpha value is -3.32. The molecule has 0 aromatic carbocycles. The fourth-order valence-electron chi connectivity index (χ4n) is 4.09. The van der Waals surface area contributed by atoms with E-state index in [9.17, 15) is 0 Å². The van der Waals surface area contributed by atoms with Crippen molar-refractivity contribution in [2.24, 2.45) is 5.73 Å². The zero-order chi connectivity index (χ0) is 20.5. The number of nitrogens with zero attached hydrogens (tertiary/aromatic N) is 5. The van der Waals surface area contributed by atoms with E-state index < -0.39 is 0 Å². The van der Waals surface area contributed by atoms with Crippen molar-refractivity contribution in [2.45, 2.75) is 44.7 Å². The second kappa shape index (κ2) is 7.84. The van der Waals surface area contributed by atoms with Crippen LogP contribution in [0.2, 0.25) is 0 Å². The van der Waals surface area contributed by atoms with Gasteiger partial charge in [-0.3, -0.25) is 9.38 Å². The van der Waals surface area contributed by atoms with Gasteiger partial charge in [0.25, 0.3) is 0 Å². The first kappa shape index (κ1) is 18.7. The maximum absolute atomic E-state index is 6.03. The van der Waals surface area contributed by atoms with E-state index >= 15 is 0 Å². The van der Waals surface area contributed by atoms with Gasteiger partial charge in [0.1, 0.15) is 5.65 Å². The SMILES string of the molecule is Cc1cnc(N[C@H]2CC[C@H](N)CC2)nc1-c1cnc2ccc(-c3ccncc3)cn12. The molecule has 3 N–H and O–H groups in total. The minimum Gasteiger partial charge on any atom is -0.351 e. The van der Waals surface area contributed by atoms with E-state index in [0.29, 0.717) is 18.0 Å². The molecule has 0 atom stereocenters. The molecule has 0 aliphatic heterocycles. The third-order valence-electron chi connectivity index (χ3n) is 5.84. The van der Waals surface area contributed by atoms with Crippen molar-refractivity contribution in [3.8, 4) is 22.5 Å². The van der Waals surface area contributed by atoms with Gasteiger partial charge in [0, 0.05) is 36.9 Å². The van der Waals surface area contributed by atoms with Crippen molar-refractivity contribution >= 4 is 11.6 Å². The number of hydrogen-bond donors (Lipinski definition) is 2. The maximum Gasteiger partial charge on any atom is 0.223 e. The van der Waals surface area contributed by atoms with E-state index in [1.54, 1.807) is 12.4 Å². The summed E-state index contributed by atoms with van der Waals surface area (Å²) in [6, 6.07) is 8.82. The highest BCUT2D eigenvalue weighted by molar-refractivity contribution is 5.69. The number of aromatic nitrogens is 5. The lowest BCUT2D eigenvalue weighted by Crippen LogP contribution is -2.33. The molecule has 0 radical (unpaired) electrons. The summed E-state index contributed by atoms with van der Waals surface area (Å²) in [4.78, 5) is 18.1. The number of aryl methyl sites for hydroxylation is 1. The Balaban J connectivity index is 1.50. The smallest absolute Gasteiger partial charge is 0.223 e. The van der Waals surface area contributed by atoms with Gasteiger partial charge in [0.2, 0.25) is 5.95 Å². The molecule has 1 fully saturated rings. The summed E-state index contributed by atoms with van der Waals surface area (Å²) < 4.78 is 2.09. The van der Waals surface area contributed by atoms with Crippen LogP contribution >= 0.6 is 0 Å². The van der Waals surface area contributed by atoms with Crippen LogP contribution in [0.3, 0.4) is 0 Å². The fraction of sp³-hybridized carbons (Fsp3) is 0.304. The number of nitrogens with one attached hydrogen (secondary N) is 1. The molecule has 0 spiro atoms. The predicted octanol–water partition coefficient (Wildman–Crippen LogP) is 3.84. The molecule has 30 heavy (non-hydrogen) atoms. The van der Waals surface area contributed by atoms with Crippen molar-refractivity contribution in [3.63, 3.8) is 0 Å². The molecule has 1 aliphatic carbocycles. The van der Waals surface area contributed by atoms with Crippen molar-refractivity contribution in [1.82, 2.24) is 24.3 Å². The van der Waals surface area contributed by atoms with Crippen LogP contribution in [0, 0.1) is 6.92 Å². The molecule has 0 bridgehead atoms. The highest BCUT2D eigenvalue weighted by Crippen LogP contribution is 2.27. The summed E-state index contributed by atoms with van der Waals surface area (Å²) in [5, 5.41) is 3.50. The largest absolute Gasteiger partial charge is 0.351 e. The predicted molar refractivity (Wildman–Crippen MR) is 118 cm³/mol. The maximum atomic E-state index is 6.03. The number of imidazole rings is 1. The van der Waals surface area contributed by atoms with Gasteiger partial charge in [0.05, 0.1) is 17.6 Å². The Morgan fingerprint density at radius 3 is 2.57 bits per heavy atom. The van der Waals surface area contributed by atoms with Gasteiger partial charge in [-0.25, -0.2) is 15.0 Å². The average molecular weight is 400 g/mol. The first-order chi connectivity index (χ1) is 14.7. The van der Waals surface area contributed by atoms with Crippen LogP contribution in [0.1, 0.15) is 31.2 Å². The summed E-state index contributed by atoms with van der Waals surface area (Å²) in [7, 11) is 0. The minimum absolute atomic E-state index is 0.324. The molecule has 5 rings (SSSR count). The molecule has 7 heteroatoms. The number of fused-ring (bicyclic) bond motifs is 1. The lowest BCUT2D eigenvalue weighted by Gasteiger charge is -2.26. The summed E-state index contributed by atoms with van der Waals surface area (Å²) in [5.41, 5.74) is 12.0. The number of hydrogen-bond acceptors (Lipinski definition) is 6. The van der Waals surface area contributed by atoms with Crippen molar-refractivity contribution in [2.75, 3.05) is 5.32 Å². The minimum atomic E-state index is 0.324. The quantitative estimate of drug-likeness (QED) is 0.541. The normalized spacial score (nSPS) is 19.1. The van der Waals surface area contributed by atoms with Crippen LogP contribution in [0.4, 0.5) is 5.95 Å². The summed E-state index contributed by atoms with van der Waals surface area (Å²) in [6.45, 7) is 2.03. The van der Waals surface area contributed by atoms with Crippen LogP contribution in [-0.2, 0) is 0 Å². The molecule has 0 saturated heterocycles. The first-order valence-corrected chi connectivity index (χ1v) is 10.4. The number of nitrogens with two attached hydrogens (primary N) is 1. The zero-order valence-corrected chi connectivity index (χ0v) is 17.0. The molecule has 7 nitrogen and oxygen atoms in total. The van der Waals surface area contributed by atoms with Crippen LogP contribution in [0.15, 0.2) is 55.2 Å². The highest BCUT2D eigenvalue weighted by atomic mass is 15.1. The number of rotatable bonds is 4. The lowest BCUT2D eigenvalue weighted by molar-refractivity contribution is 0.410. The van der Waals surface area contributed by atoms with Crippen LogP contribution in [0.25, 0.3) is 28.2 Å². The summed E-state index contributed by atoms with van der Waals surface area (Å²) in [5.74, 6) is 0.663. The molecule has 1 saturated carbocycles. The summed E-state index contributed by atoms with van der Waals surface area (Å²) in [6.07, 6.45) is 13.7. The van der Waals surface area contributed by atoms with E-state index in [2.05, 4.69) is 36.9 Å². The average Bonchev–Trinajstić information content (AvgIpc) is 3.20. The zero-order valence-electron chi connectivity index (χ0n) is 17.0. The topological polar surface area (TPSA) is 94.0 Å². The number of pyridine rings is 2. The van der Waals surface area contributed by atoms with Gasteiger partial charge in [0.15, 0.2) is 0 Å². The Kier molecular flexibility index (Phi) is 4.88. The molecule has 1 aliphatic rings. The second-order valence-corrected chi connectivity index (χ2v) is 8.01. The van der Waals surface area contributed by atoms with Crippen molar-refractivity contribution in [1.29, 1.82) is 0 Å². The Morgan fingerprint density at radius 1 is 0.967 bits per heavy atom. The van der Waals surface area contributed by atoms with Gasteiger partial charge in [-0.15, -0.1) is 0 Å². The molecular formula is C23H25N7. The van der Waals surface area contributed by atoms with Gasteiger partial charge in [-0.05, 0) is 73.6 Å². The number of anilines is 1. The first-order valence-electron chi connectivity index (χ1n) is 10.4. The third-order valence-corrected chi connectivity index (χ3v) is 5.84. The van der Waals surface area contributed by atoms with Gasteiger partial charge >= 0.3 is 0 Å². The molecule has 0 unspecified atom stereocenters. The molecule has 152 valence electrons. The highest BCUT2D eigenvalue weighted by Gasteiger charge is 2.20. The van der Waals surface area contributed by atoms with Crippen LogP contribution in [-0.4, -0.2) is 36.4 Å². The van der Waals surface area contributed by atoms with Gasteiger partial charge < -0.3 is 11.1 Å². The Morgan fingerprint density at radius 2 is 1.77 bits per heavy atom. The van der Waals surface area contributed by atoms with Crippen LogP contribution in [0.5, 0.6) is 0 Å². The van der Waals surface area contributed by atoms with Crippen molar-refractivity contribution < 1.29 is 0 Å². The second-order valence-electron chi connectivity index (χ2n) is 8.01. The molecule has 0 amide bonds. The molecule has 4 heterocycles. The molecule has 4 aromatic rings. The monoisotopic (exact) mass is 399 g/mol. The van der Waals surface area contributed by atoms with Gasteiger partial charge in [-0.2, -0.15) is 0 Å². The van der Waals surface area contributed by atoms with E-state index in [-0.39, 0.29) is 0 Å².